The Kier molecular flexibility index (Phi) is 4.54. The van der Waals surface area contributed by atoms with Crippen LogP contribution in [0.4, 0.5) is 13.2 Å². The number of alkyl halides is 2. The maximum Gasteiger partial charge on any atom is 0.175 e. The Morgan fingerprint density at radius 3 is 2.62 bits per heavy atom. The summed E-state index contributed by atoms with van der Waals surface area (Å²) in [7, 11) is -3.76. The smallest absolute Gasteiger partial charge is 0.175 e. The van der Waals surface area contributed by atoms with E-state index in [0.29, 0.717) is 0 Å². The topological polar surface area (TPSA) is 78.2 Å². The number of aliphatic hydroxyl groups is 1. The van der Waals surface area contributed by atoms with Crippen molar-refractivity contribution in [1.82, 2.24) is 0 Å². The molecular formula is C18H14F3NO3S. The molecule has 0 aliphatic heterocycles. The molecule has 2 aromatic rings. The lowest BCUT2D eigenvalue weighted by atomic mass is 9.94. The Morgan fingerprint density at radius 1 is 1.31 bits per heavy atom. The van der Waals surface area contributed by atoms with Gasteiger partial charge in [-0.25, -0.2) is 21.6 Å². The molecule has 4 nitrogen and oxygen atoms in total. The number of nitriles is 1. The summed E-state index contributed by atoms with van der Waals surface area (Å²) in [5.74, 6) is -0.797. The van der Waals surface area contributed by atoms with Crippen molar-refractivity contribution in [1.29, 1.82) is 5.26 Å². The molecule has 0 radical (unpaired) electrons. The molecule has 3 atom stereocenters. The summed E-state index contributed by atoms with van der Waals surface area (Å²) in [6, 6.07) is 7.07. The van der Waals surface area contributed by atoms with Crippen LogP contribution in [0.25, 0.3) is 0 Å². The van der Waals surface area contributed by atoms with Gasteiger partial charge in [0.1, 0.15) is 18.1 Å². The molecule has 136 valence electrons. The standard InChI is InChI=1S/C18H14F3NO3S/c1-26(24,25)15-3-2-12(13-7-14(20)18(23)16(13)15)17(21)10-4-9(8-22)5-11(19)6-10/h2-6,14,17-18,23H,7H2,1H3/t14-,17+,18-/m1/s1. The number of benzene rings is 2. The summed E-state index contributed by atoms with van der Waals surface area (Å²) >= 11 is 0. The fourth-order valence-electron chi connectivity index (χ4n) is 3.26. The summed E-state index contributed by atoms with van der Waals surface area (Å²) in [6.45, 7) is 0. The average Bonchev–Trinajstić information content (AvgIpc) is 2.87. The minimum atomic E-state index is -3.76. The highest BCUT2D eigenvalue weighted by molar-refractivity contribution is 7.90. The third-order valence-corrected chi connectivity index (χ3v) is 5.56. The lowest BCUT2D eigenvalue weighted by Gasteiger charge is -2.17. The van der Waals surface area contributed by atoms with Gasteiger partial charge in [0.15, 0.2) is 16.0 Å². The lowest BCUT2D eigenvalue weighted by molar-refractivity contribution is 0.0907. The van der Waals surface area contributed by atoms with Crippen LogP contribution in [0.15, 0.2) is 35.2 Å². The molecule has 8 heteroatoms. The first kappa shape index (κ1) is 18.4. The number of hydrogen-bond acceptors (Lipinski definition) is 4. The maximum atomic E-state index is 15.1. The van der Waals surface area contributed by atoms with E-state index in [9.17, 15) is 22.3 Å². The number of aliphatic hydroxyl groups excluding tert-OH is 1. The Hall–Kier alpha value is -2.37. The van der Waals surface area contributed by atoms with Gasteiger partial charge in [-0.3, -0.25) is 0 Å². The van der Waals surface area contributed by atoms with E-state index in [0.717, 1.165) is 24.5 Å². The molecule has 0 bridgehead atoms. The molecule has 26 heavy (non-hydrogen) atoms. The fourth-order valence-corrected chi connectivity index (χ4v) is 4.22. The second-order valence-electron chi connectivity index (χ2n) is 6.23. The number of hydrogen-bond donors (Lipinski definition) is 1. The van der Waals surface area contributed by atoms with Gasteiger partial charge in [-0.1, -0.05) is 6.07 Å². The van der Waals surface area contributed by atoms with E-state index >= 15 is 4.39 Å². The van der Waals surface area contributed by atoms with Crippen molar-refractivity contribution in [2.75, 3.05) is 6.26 Å². The fraction of sp³-hybridized carbons (Fsp3) is 0.278. The first-order valence-corrected chi connectivity index (χ1v) is 9.55. The molecule has 1 aliphatic carbocycles. The number of halogens is 3. The zero-order valence-corrected chi connectivity index (χ0v) is 14.4. The monoisotopic (exact) mass is 381 g/mol. The van der Waals surface area contributed by atoms with E-state index in [1.807, 2.05) is 0 Å². The largest absolute Gasteiger partial charge is 0.385 e. The Bertz CT molecular complexity index is 1030. The minimum absolute atomic E-state index is 0.0545. The van der Waals surface area contributed by atoms with Crippen LogP contribution in [0.3, 0.4) is 0 Å². The van der Waals surface area contributed by atoms with Crippen LogP contribution < -0.4 is 0 Å². The molecule has 3 rings (SSSR count). The molecule has 0 aromatic heterocycles. The number of rotatable bonds is 3. The van der Waals surface area contributed by atoms with Gasteiger partial charge in [-0.05, 0) is 41.0 Å². The molecule has 0 fully saturated rings. The van der Waals surface area contributed by atoms with Gasteiger partial charge in [0, 0.05) is 18.2 Å². The van der Waals surface area contributed by atoms with Gasteiger partial charge in [0.2, 0.25) is 0 Å². The SMILES string of the molecule is CS(=O)(=O)c1ccc([C@@H](F)c2cc(F)cc(C#N)c2)c2c1[C@H](O)[C@H](F)C2. The highest BCUT2D eigenvalue weighted by atomic mass is 32.2. The molecule has 0 amide bonds. The van der Waals surface area contributed by atoms with E-state index in [1.165, 1.54) is 12.1 Å². The molecule has 0 heterocycles. The quantitative estimate of drug-likeness (QED) is 0.886. The summed E-state index contributed by atoms with van der Waals surface area (Å²) in [5.41, 5.74) is -0.371. The normalized spacial score (nSPS) is 20.5. The van der Waals surface area contributed by atoms with E-state index in [2.05, 4.69) is 0 Å². The summed E-state index contributed by atoms with van der Waals surface area (Å²) in [4.78, 5) is -0.256. The molecule has 2 aromatic carbocycles. The van der Waals surface area contributed by atoms with Gasteiger partial charge in [0.05, 0.1) is 16.5 Å². The van der Waals surface area contributed by atoms with Crippen molar-refractivity contribution in [2.45, 2.75) is 29.8 Å². The van der Waals surface area contributed by atoms with E-state index in [4.69, 9.17) is 5.26 Å². The molecule has 0 unspecified atom stereocenters. The van der Waals surface area contributed by atoms with Crippen molar-refractivity contribution >= 4 is 9.84 Å². The van der Waals surface area contributed by atoms with Crippen molar-refractivity contribution in [3.05, 3.63) is 64.0 Å². The molecule has 0 saturated heterocycles. The van der Waals surface area contributed by atoms with Crippen molar-refractivity contribution in [3.63, 3.8) is 0 Å². The molecular weight excluding hydrogens is 367 g/mol. The number of sulfone groups is 1. The number of fused-ring (bicyclic) bond motifs is 1. The molecule has 0 spiro atoms. The van der Waals surface area contributed by atoms with Crippen LogP contribution in [0.2, 0.25) is 0 Å². The predicted molar refractivity (Wildman–Crippen MR) is 87.2 cm³/mol. The van der Waals surface area contributed by atoms with Gasteiger partial charge >= 0.3 is 0 Å². The van der Waals surface area contributed by atoms with Crippen LogP contribution in [0.1, 0.15) is 40.1 Å². The first-order valence-electron chi connectivity index (χ1n) is 7.66. The highest BCUT2D eigenvalue weighted by Gasteiger charge is 2.38. The van der Waals surface area contributed by atoms with Gasteiger partial charge < -0.3 is 5.11 Å². The molecule has 0 saturated carbocycles. The zero-order valence-electron chi connectivity index (χ0n) is 13.6. The van der Waals surface area contributed by atoms with E-state index in [-0.39, 0.29) is 39.1 Å². The highest BCUT2D eigenvalue weighted by Crippen LogP contribution is 2.43. The Labute approximate surface area is 148 Å². The van der Waals surface area contributed by atoms with Gasteiger partial charge in [-0.15, -0.1) is 0 Å². The van der Waals surface area contributed by atoms with Crippen LogP contribution in [0, 0.1) is 17.1 Å². The second kappa shape index (κ2) is 6.41. The average molecular weight is 381 g/mol. The van der Waals surface area contributed by atoms with Crippen molar-refractivity contribution in [2.24, 2.45) is 0 Å². The third-order valence-electron chi connectivity index (χ3n) is 4.41. The summed E-state index contributed by atoms with van der Waals surface area (Å²) in [6.07, 6.45) is -4.78. The van der Waals surface area contributed by atoms with E-state index < -0.39 is 34.1 Å². The zero-order chi connectivity index (χ0) is 19.2. The second-order valence-corrected chi connectivity index (χ2v) is 8.21. The number of nitrogens with zero attached hydrogens (tertiary/aromatic N) is 1. The molecule has 1 aliphatic rings. The Balaban J connectivity index is 2.19. The minimum Gasteiger partial charge on any atom is -0.385 e. The van der Waals surface area contributed by atoms with Crippen LogP contribution in [0.5, 0.6) is 0 Å². The lowest BCUT2D eigenvalue weighted by Crippen LogP contribution is -2.10. The summed E-state index contributed by atoms with van der Waals surface area (Å²) < 4.78 is 66.5. The van der Waals surface area contributed by atoms with Gasteiger partial charge in [-0.2, -0.15) is 5.26 Å². The predicted octanol–water partition coefficient (Wildman–Crippen LogP) is 3.09. The van der Waals surface area contributed by atoms with Crippen LogP contribution in [-0.2, 0) is 16.3 Å². The van der Waals surface area contributed by atoms with Crippen LogP contribution in [-0.4, -0.2) is 26.0 Å². The maximum absolute atomic E-state index is 15.1. The van der Waals surface area contributed by atoms with E-state index in [1.54, 1.807) is 6.07 Å². The van der Waals surface area contributed by atoms with Crippen molar-refractivity contribution in [3.8, 4) is 6.07 Å². The third kappa shape index (κ3) is 3.08. The van der Waals surface area contributed by atoms with Crippen molar-refractivity contribution < 1.29 is 26.7 Å². The molecule has 1 N–H and O–H groups in total. The summed E-state index contributed by atoms with van der Waals surface area (Å²) in [5, 5.41) is 18.9. The van der Waals surface area contributed by atoms with Crippen LogP contribution >= 0.6 is 0 Å². The first-order chi connectivity index (χ1) is 12.1. The van der Waals surface area contributed by atoms with Gasteiger partial charge in [0.25, 0.3) is 0 Å². The Morgan fingerprint density at radius 2 is 2.00 bits per heavy atom.